The second kappa shape index (κ2) is 21.0. The summed E-state index contributed by atoms with van der Waals surface area (Å²) in [7, 11) is 0. The van der Waals surface area contributed by atoms with Crippen molar-refractivity contribution in [3.05, 3.63) is 29.8 Å². The zero-order chi connectivity index (χ0) is 45.4. The molecule has 20 heteroatoms. The highest BCUT2D eigenvalue weighted by Crippen LogP contribution is 2.32. The van der Waals surface area contributed by atoms with Crippen LogP contribution in [0.4, 0.5) is 0 Å². The molecule has 0 saturated carbocycles. The fraction of sp³-hybridized carbons (Fsp3) is 0.595. The van der Waals surface area contributed by atoms with E-state index in [1.165, 1.54) is 0 Å². The minimum absolute atomic E-state index is 0.139. The summed E-state index contributed by atoms with van der Waals surface area (Å²) in [6.07, 6.45) is -1.83. The number of hydrogen-bond donors (Lipinski definition) is 9. The lowest BCUT2D eigenvalue weighted by molar-refractivity contribution is -0.143. The smallest absolute Gasteiger partial charge is 0.246 e. The molecule has 3 aliphatic heterocycles. The van der Waals surface area contributed by atoms with Gasteiger partial charge in [-0.15, -0.1) is 11.8 Å². The Morgan fingerprint density at radius 3 is 2.26 bits per heavy atom. The van der Waals surface area contributed by atoms with Crippen molar-refractivity contribution in [1.29, 1.82) is 0 Å². The van der Waals surface area contributed by atoms with Gasteiger partial charge >= 0.3 is 0 Å². The summed E-state index contributed by atoms with van der Waals surface area (Å²) >= 11 is 1.11. The average Bonchev–Trinajstić information content (AvgIpc) is 3.81. The van der Waals surface area contributed by atoms with Crippen LogP contribution in [-0.2, 0) is 49.6 Å². The number of hydrogen-bond acceptors (Lipinski definition) is 11. The van der Waals surface area contributed by atoms with E-state index in [2.05, 4.69) is 36.9 Å². The van der Waals surface area contributed by atoms with E-state index in [0.29, 0.717) is 34.3 Å². The highest BCUT2D eigenvalue weighted by molar-refractivity contribution is 7.99. The van der Waals surface area contributed by atoms with E-state index >= 15 is 0 Å². The quantitative estimate of drug-likeness (QED) is 0.167. The molecule has 1 fully saturated rings. The molecule has 3 aliphatic rings. The Bertz CT molecular complexity index is 2060. The average molecular weight is 882 g/mol. The van der Waals surface area contributed by atoms with Gasteiger partial charge in [-0.05, 0) is 29.4 Å². The van der Waals surface area contributed by atoms with Gasteiger partial charge in [-0.3, -0.25) is 43.2 Å². The SMILES string of the molecule is CC[C@H](C)[C@@H]1NC(=O)CNC(=O)C2Cc3c([nH]c4ccccc34)SC[C@H](NC(=O)CCC1=O)C(=O)N[C@@H](CC(N)=O)C(=O)N1C[C@H](O)C[C@H]1C(=O)NC([C@@H](C)[C@@H](C)CC)C(=O)N2. The number of ketones is 1. The molecule has 19 nitrogen and oxygen atoms in total. The van der Waals surface area contributed by atoms with Gasteiger partial charge in [0.2, 0.25) is 47.3 Å². The number of carbonyl (C=O) groups excluding carboxylic acids is 9. The lowest BCUT2D eigenvalue weighted by Gasteiger charge is -2.33. The van der Waals surface area contributed by atoms with Crippen LogP contribution in [0.3, 0.4) is 0 Å². The van der Waals surface area contributed by atoms with Crippen LogP contribution in [0.25, 0.3) is 10.9 Å². The number of H-pyrrole nitrogens is 1. The molecule has 10 atom stereocenters. The van der Waals surface area contributed by atoms with Gasteiger partial charge in [0.15, 0.2) is 5.78 Å². The van der Waals surface area contributed by atoms with E-state index < -0.39 is 114 Å². The first-order valence-corrected chi connectivity index (χ1v) is 22.2. The first-order chi connectivity index (χ1) is 29.4. The van der Waals surface area contributed by atoms with Gasteiger partial charge in [0.05, 0.1) is 30.1 Å². The molecular weight excluding hydrogens is 823 g/mol. The molecule has 0 radical (unpaired) electrons. The summed E-state index contributed by atoms with van der Waals surface area (Å²) in [5.74, 6) is -8.03. The number of nitrogens with two attached hydrogens (primary N) is 1. The Kier molecular flexibility index (Phi) is 16.1. The van der Waals surface area contributed by atoms with E-state index in [-0.39, 0.29) is 49.8 Å². The number of amides is 8. The van der Waals surface area contributed by atoms with Crippen molar-refractivity contribution < 1.29 is 48.3 Å². The van der Waals surface area contributed by atoms with Gasteiger partial charge in [0.25, 0.3) is 0 Å². The number of carbonyl (C=O) groups is 9. The fourth-order valence-electron chi connectivity index (χ4n) is 8.04. The molecule has 1 aromatic carbocycles. The third-order valence-corrected chi connectivity index (χ3v) is 13.4. The zero-order valence-electron chi connectivity index (χ0n) is 35.7. The lowest BCUT2D eigenvalue weighted by Crippen LogP contribution is -2.61. The van der Waals surface area contributed by atoms with Crippen LogP contribution in [0.2, 0.25) is 0 Å². The number of para-hydroxylation sites is 1. The van der Waals surface area contributed by atoms with Crippen molar-refractivity contribution in [2.75, 3.05) is 18.8 Å². The normalized spacial score (nSPS) is 28.0. The standard InChI is InChI=1S/C42H59N9O10S/c1-6-20(3)22(5)36-40(60)46-27-15-25-24-10-8-9-11-26(24)48-41(25)62-19-29(45-33(55)13-12-31(53)35(21(4)7-2)49-34(56)17-44-37(27)57)38(58)47-28(16-32(43)54)42(61)51-18-23(52)14-30(51)39(59)50-36/h8-11,20-23,27-30,35-36,48,52H,6-7,12-19H2,1-5H3,(H2,43,54)(H,44,57)(H,45,55)(H,46,60)(H,47,58)(H,49,56)(H,50,59)/t20-,21-,22-,23+,27?,28-,29-,30-,35-,36?/m0/s1. The third kappa shape index (κ3) is 11.5. The lowest BCUT2D eigenvalue weighted by atomic mass is 9.86. The summed E-state index contributed by atoms with van der Waals surface area (Å²) in [6, 6.07) is -0.807. The Hall–Kier alpha value is -5.50. The Balaban J connectivity index is 1.69. The number of aliphatic hydroxyl groups excluding tert-OH is 1. The Morgan fingerprint density at radius 1 is 0.839 bits per heavy atom. The summed E-state index contributed by atoms with van der Waals surface area (Å²) < 4.78 is 0. The van der Waals surface area contributed by atoms with Crippen LogP contribution in [0.1, 0.15) is 78.7 Å². The van der Waals surface area contributed by atoms with Crippen LogP contribution >= 0.6 is 11.8 Å². The Morgan fingerprint density at radius 2 is 1.56 bits per heavy atom. The number of aromatic amines is 1. The van der Waals surface area contributed by atoms with Crippen molar-refractivity contribution in [3.8, 4) is 0 Å². The molecule has 338 valence electrons. The highest BCUT2D eigenvalue weighted by Gasteiger charge is 2.44. The van der Waals surface area contributed by atoms with Crippen molar-refractivity contribution in [2.24, 2.45) is 23.5 Å². The van der Waals surface area contributed by atoms with Crippen molar-refractivity contribution in [1.82, 2.24) is 41.8 Å². The molecule has 0 spiro atoms. The molecule has 2 aromatic rings. The van der Waals surface area contributed by atoms with Crippen molar-refractivity contribution in [3.63, 3.8) is 0 Å². The molecule has 1 aromatic heterocycles. The number of thioether (sulfide) groups is 1. The number of Topliss-reactive ketones (excluding diaryl/α,β-unsaturated/α-hetero) is 1. The predicted octanol–water partition coefficient (Wildman–Crippen LogP) is -0.715. The number of aromatic nitrogens is 1. The molecular formula is C42H59N9O10S. The van der Waals surface area contributed by atoms with Gasteiger partial charge in [0, 0.05) is 48.9 Å². The number of primary amides is 1. The molecule has 8 amide bonds. The maximum atomic E-state index is 14.6. The van der Waals surface area contributed by atoms with Crippen molar-refractivity contribution in [2.45, 2.75) is 127 Å². The van der Waals surface area contributed by atoms with Gasteiger partial charge in [-0.2, -0.15) is 0 Å². The Labute approximate surface area is 363 Å². The topological polar surface area (TPSA) is 291 Å². The van der Waals surface area contributed by atoms with Gasteiger partial charge < -0.3 is 52.6 Å². The molecule has 10 N–H and O–H groups in total. The summed E-state index contributed by atoms with van der Waals surface area (Å²) in [4.78, 5) is 129. The molecule has 4 heterocycles. The number of benzene rings is 1. The molecule has 1 saturated heterocycles. The minimum atomic E-state index is -1.63. The third-order valence-electron chi connectivity index (χ3n) is 12.3. The highest BCUT2D eigenvalue weighted by atomic mass is 32.2. The summed E-state index contributed by atoms with van der Waals surface area (Å²) in [5.41, 5.74) is 6.76. The summed E-state index contributed by atoms with van der Waals surface area (Å²) in [6.45, 7) is 8.27. The van der Waals surface area contributed by atoms with E-state index in [4.69, 9.17) is 5.73 Å². The molecule has 2 bridgehead atoms. The first-order valence-electron chi connectivity index (χ1n) is 21.2. The van der Waals surface area contributed by atoms with Crippen molar-refractivity contribution >= 4 is 75.7 Å². The molecule has 0 aliphatic carbocycles. The van der Waals surface area contributed by atoms with Crippen LogP contribution in [0.5, 0.6) is 0 Å². The van der Waals surface area contributed by atoms with Crippen LogP contribution in [-0.4, -0.2) is 129 Å². The number of fused-ring (bicyclic) bond motifs is 5. The largest absolute Gasteiger partial charge is 0.391 e. The number of aliphatic hydroxyl groups is 1. The predicted molar refractivity (Wildman–Crippen MR) is 228 cm³/mol. The van der Waals surface area contributed by atoms with E-state index in [9.17, 15) is 48.3 Å². The van der Waals surface area contributed by atoms with Crippen LogP contribution in [0, 0.1) is 17.8 Å². The second-order valence-electron chi connectivity index (χ2n) is 16.6. The minimum Gasteiger partial charge on any atom is -0.391 e. The van der Waals surface area contributed by atoms with E-state index in [1.54, 1.807) is 38.1 Å². The van der Waals surface area contributed by atoms with E-state index in [0.717, 1.165) is 16.7 Å². The van der Waals surface area contributed by atoms with E-state index in [1.807, 2.05) is 20.8 Å². The number of nitrogens with one attached hydrogen (secondary N) is 7. The maximum absolute atomic E-state index is 14.6. The molecule has 5 rings (SSSR count). The van der Waals surface area contributed by atoms with Gasteiger partial charge in [-0.1, -0.05) is 65.7 Å². The summed E-state index contributed by atoms with van der Waals surface area (Å²) in [5, 5.41) is 28.0. The molecule has 2 unspecified atom stereocenters. The zero-order valence-corrected chi connectivity index (χ0v) is 36.5. The van der Waals surface area contributed by atoms with Gasteiger partial charge in [-0.25, -0.2) is 0 Å². The monoisotopic (exact) mass is 881 g/mol. The number of rotatable bonds is 7. The fourth-order valence-corrected chi connectivity index (χ4v) is 9.16. The number of nitrogens with zero attached hydrogens (tertiary/aromatic N) is 1. The van der Waals surface area contributed by atoms with Crippen LogP contribution in [0.15, 0.2) is 29.3 Å². The second-order valence-corrected chi connectivity index (χ2v) is 17.7. The molecule has 62 heavy (non-hydrogen) atoms. The van der Waals surface area contributed by atoms with Gasteiger partial charge in [0.1, 0.15) is 30.2 Å². The van der Waals surface area contributed by atoms with Crippen LogP contribution < -0.4 is 37.6 Å². The maximum Gasteiger partial charge on any atom is 0.246 e. The first kappa shape index (κ1) is 47.5.